The highest BCUT2D eigenvalue weighted by atomic mass is 79.9. The van der Waals surface area contributed by atoms with E-state index in [1.54, 1.807) is 23.1 Å². The number of anilines is 1. The van der Waals surface area contributed by atoms with Gasteiger partial charge in [0.1, 0.15) is 19.3 Å². The fourth-order valence-electron chi connectivity index (χ4n) is 6.08. The highest BCUT2D eigenvalue weighted by Gasteiger charge is 2.32. The summed E-state index contributed by atoms with van der Waals surface area (Å²) in [6.45, 7) is 1.16. The van der Waals surface area contributed by atoms with Crippen LogP contribution < -0.4 is 19.1 Å². The van der Waals surface area contributed by atoms with Crippen LogP contribution in [0.2, 0.25) is 0 Å². The van der Waals surface area contributed by atoms with Crippen molar-refractivity contribution in [3.05, 3.63) is 88.4 Å². The van der Waals surface area contributed by atoms with Crippen LogP contribution >= 0.6 is 15.9 Å². The molecule has 1 atom stereocenters. The molecule has 0 spiro atoms. The predicted molar refractivity (Wildman–Crippen MR) is 182 cm³/mol. The number of hydrogen-bond donors (Lipinski definition) is 1. The SMILES string of the molecule is CS(=O)(=O)N(CCCC(=O)N(Cc1ccc(Br)cc1)[C@H](Cc1ccccc1)C(=O)NC1CCCCC1)c1ccc2c(c1)OCCO2. The van der Waals surface area contributed by atoms with E-state index in [0.717, 1.165) is 47.5 Å². The molecule has 46 heavy (non-hydrogen) atoms. The van der Waals surface area contributed by atoms with Gasteiger partial charge in [0.15, 0.2) is 11.5 Å². The zero-order chi connectivity index (χ0) is 32.5. The van der Waals surface area contributed by atoms with E-state index in [1.807, 2.05) is 54.6 Å². The molecule has 1 aliphatic carbocycles. The summed E-state index contributed by atoms with van der Waals surface area (Å²) in [5.41, 5.74) is 2.30. The number of nitrogens with one attached hydrogen (secondary N) is 1. The third-order valence-corrected chi connectivity index (χ3v) is 10.2. The predicted octanol–water partition coefficient (Wildman–Crippen LogP) is 5.86. The zero-order valence-corrected chi connectivity index (χ0v) is 28.6. The number of hydrogen-bond acceptors (Lipinski definition) is 6. The number of rotatable bonds is 13. The number of sulfonamides is 1. The summed E-state index contributed by atoms with van der Waals surface area (Å²) in [5.74, 6) is 0.688. The quantitative estimate of drug-likeness (QED) is 0.238. The van der Waals surface area contributed by atoms with E-state index in [4.69, 9.17) is 9.47 Å². The number of halogens is 1. The van der Waals surface area contributed by atoms with Crippen LogP contribution in [0.5, 0.6) is 11.5 Å². The minimum absolute atomic E-state index is 0.0646. The Morgan fingerprint density at radius 2 is 1.61 bits per heavy atom. The second-order valence-electron chi connectivity index (χ2n) is 12.0. The lowest BCUT2D eigenvalue weighted by Crippen LogP contribution is -2.52. The molecule has 1 N–H and O–H groups in total. The van der Waals surface area contributed by atoms with Gasteiger partial charge in [0.05, 0.1) is 11.9 Å². The molecule has 0 saturated heterocycles. The van der Waals surface area contributed by atoms with E-state index in [1.165, 1.54) is 10.7 Å². The molecule has 1 saturated carbocycles. The molecule has 2 amide bonds. The maximum Gasteiger partial charge on any atom is 0.243 e. The van der Waals surface area contributed by atoms with Crippen LogP contribution in [0.1, 0.15) is 56.1 Å². The van der Waals surface area contributed by atoms with Gasteiger partial charge in [-0.05, 0) is 54.7 Å². The number of carbonyl (C=O) groups excluding carboxylic acids is 2. The van der Waals surface area contributed by atoms with Crippen LogP contribution in [0.3, 0.4) is 0 Å². The Balaban J connectivity index is 1.37. The zero-order valence-electron chi connectivity index (χ0n) is 26.2. The molecule has 0 unspecified atom stereocenters. The van der Waals surface area contributed by atoms with Crippen molar-refractivity contribution in [2.24, 2.45) is 0 Å². The molecule has 0 aromatic heterocycles. The molecule has 1 aliphatic heterocycles. The van der Waals surface area contributed by atoms with Gasteiger partial charge in [-0.15, -0.1) is 0 Å². The van der Waals surface area contributed by atoms with Gasteiger partial charge in [-0.1, -0.05) is 77.7 Å². The highest BCUT2D eigenvalue weighted by Crippen LogP contribution is 2.35. The second-order valence-corrected chi connectivity index (χ2v) is 14.8. The first-order valence-corrected chi connectivity index (χ1v) is 18.6. The lowest BCUT2D eigenvalue weighted by Gasteiger charge is -2.34. The van der Waals surface area contributed by atoms with Crippen molar-refractivity contribution in [3.63, 3.8) is 0 Å². The minimum atomic E-state index is -3.66. The molecular weight excluding hydrogens is 670 g/mol. The van der Waals surface area contributed by atoms with Gasteiger partial charge in [0.25, 0.3) is 0 Å². The summed E-state index contributed by atoms with van der Waals surface area (Å²) >= 11 is 3.48. The normalized spacial score (nSPS) is 15.5. The Labute approximate surface area is 280 Å². The number of benzene rings is 3. The van der Waals surface area contributed by atoms with Gasteiger partial charge in [0, 0.05) is 42.5 Å². The number of fused-ring (bicyclic) bond motifs is 1. The molecule has 3 aromatic carbocycles. The first kappa shape index (κ1) is 33.8. The summed E-state index contributed by atoms with van der Waals surface area (Å²) in [6, 6.07) is 21.9. The Morgan fingerprint density at radius 3 is 2.30 bits per heavy atom. The van der Waals surface area contributed by atoms with Gasteiger partial charge in [-0.3, -0.25) is 13.9 Å². The molecule has 1 heterocycles. The Hall–Kier alpha value is -3.57. The molecule has 2 aliphatic rings. The average Bonchev–Trinajstić information content (AvgIpc) is 3.05. The lowest BCUT2D eigenvalue weighted by atomic mass is 9.94. The lowest BCUT2D eigenvalue weighted by molar-refractivity contribution is -0.141. The van der Waals surface area contributed by atoms with Crippen LogP contribution in [-0.4, -0.2) is 63.2 Å². The fraction of sp³-hybridized carbons (Fsp3) is 0.429. The van der Waals surface area contributed by atoms with Gasteiger partial charge >= 0.3 is 0 Å². The Kier molecular flexibility index (Phi) is 11.6. The van der Waals surface area contributed by atoms with Crippen LogP contribution in [-0.2, 0) is 32.6 Å². The smallest absolute Gasteiger partial charge is 0.243 e. The van der Waals surface area contributed by atoms with Crippen molar-refractivity contribution in [2.45, 2.75) is 70.0 Å². The fourth-order valence-corrected chi connectivity index (χ4v) is 7.30. The third kappa shape index (κ3) is 9.25. The number of nitrogens with zero attached hydrogens (tertiary/aromatic N) is 2. The minimum Gasteiger partial charge on any atom is -0.486 e. The standard InChI is InChI=1S/C35H42BrN3O6S/c1-46(42,43)39(30-18-19-32-33(24-30)45-22-21-44-32)20-8-13-34(40)38(25-27-14-16-28(36)17-15-27)31(23-26-9-4-2-5-10-26)35(41)37-29-11-6-3-7-12-29/h2,4-5,9-10,14-19,24,29,31H,3,6-8,11-13,20-23,25H2,1H3,(H,37,41)/t31-/m1/s1. The number of carbonyl (C=O) groups is 2. The van der Waals surface area contributed by atoms with Crippen molar-refractivity contribution in [1.29, 1.82) is 0 Å². The summed E-state index contributed by atoms with van der Waals surface area (Å²) in [5, 5.41) is 3.26. The van der Waals surface area contributed by atoms with Crippen LogP contribution in [0.25, 0.3) is 0 Å². The first-order chi connectivity index (χ1) is 22.2. The van der Waals surface area contributed by atoms with E-state index < -0.39 is 16.1 Å². The second kappa shape index (κ2) is 15.8. The van der Waals surface area contributed by atoms with Crippen molar-refractivity contribution in [2.75, 3.05) is 30.3 Å². The summed E-state index contributed by atoms with van der Waals surface area (Å²) in [6.07, 6.45) is 7.05. The molecule has 5 rings (SSSR count). The van der Waals surface area contributed by atoms with E-state index in [2.05, 4.69) is 21.2 Å². The topological polar surface area (TPSA) is 105 Å². The van der Waals surface area contributed by atoms with Crippen molar-refractivity contribution < 1.29 is 27.5 Å². The molecule has 11 heteroatoms. The Bertz CT molecular complexity index is 1580. The van der Waals surface area contributed by atoms with E-state index in [9.17, 15) is 18.0 Å². The van der Waals surface area contributed by atoms with Gasteiger partial charge < -0.3 is 19.7 Å². The molecule has 0 bridgehead atoms. The third-order valence-electron chi connectivity index (χ3n) is 8.45. The van der Waals surface area contributed by atoms with Gasteiger partial charge in [0.2, 0.25) is 21.8 Å². The molecule has 9 nitrogen and oxygen atoms in total. The van der Waals surface area contributed by atoms with Crippen LogP contribution in [0, 0.1) is 0 Å². The highest BCUT2D eigenvalue weighted by molar-refractivity contribution is 9.10. The molecule has 1 fully saturated rings. The van der Waals surface area contributed by atoms with Crippen molar-refractivity contribution >= 4 is 43.5 Å². The maximum atomic E-state index is 14.1. The van der Waals surface area contributed by atoms with E-state index in [0.29, 0.717) is 36.8 Å². The molecule has 246 valence electrons. The molecular formula is C35H42BrN3O6S. The van der Waals surface area contributed by atoms with Crippen LogP contribution in [0.4, 0.5) is 5.69 Å². The van der Waals surface area contributed by atoms with Crippen molar-refractivity contribution in [3.8, 4) is 11.5 Å². The summed E-state index contributed by atoms with van der Waals surface area (Å²) < 4.78 is 39.2. The van der Waals surface area contributed by atoms with Crippen LogP contribution in [0.15, 0.2) is 77.3 Å². The largest absolute Gasteiger partial charge is 0.486 e. The summed E-state index contributed by atoms with van der Waals surface area (Å²) in [4.78, 5) is 29.8. The monoisotopic (exact) mass is 711 g/mol. The number of amides is 2. The van der Waals surface area contributed by atoms with Gasteiger partial charge in [-0.25, -0.2) is 8.42 Å². The molecule has 0 radical (unpaired) electrons. The van der Waals surface area contributed by atoms with E-state index >= 15 is 0 Å². The van der Waals surface area contributed by atoms with Gasteiger partial charge in [-0.2, -0.15) is 0 Å². The Morgan fingerprint density at radius 1 is 0.913 bits per heavy atom. The average molecular weight is 713 g/mol. The maximum absolute atomic E-state index is 14.1. The first-order valence-electron chi connectivity index (χ1n) is 15.9. The number of ether oxygens (including phenoxy) is 2. The van der Waals surface area contributed by atoms with E-state index in [-0.39, 0.29) is 43.8 Å². The summed E-state index contributed by atoms with van der Waals surface area (Å²) in [7, 11) is -3.66. The molecule has 3 aromatic rings. The van der Waals surface area contributed by atoms with Crippen molar-refractivity contribution in [1.82, 2.24) is 10.2 Å².